The van der Waals surface area contributed by atoms with Crippen molar-refractivity contribution in [2.75, 3.05) is 20.1 Å². The molecule has 0 amide bonds. The van der Waals surface area contributed by atoms with Gasteiger partial charge in [0.1, 0.15) is 0 Å². The third-order valence-corrected chi connectivity index (χ3v) is 6.71. The first-order valence-corrected chi connectivity index (χ1v) is 11.1. The molecule has 3 rings (SSSR count). The molecule has 1 saturated carbocycles. The molecule has 27 heavy (non-hydrogen) atoms. The lowest BCUT2D eigenvalue weighted by Gasteiger charge is -2.32. The number of aryl methyl sites for hydroxylation is 1. The van der Waals surface area contributed by atoms with Crippen LogP contribution in [-0.2, 0) is 12.8 Å². The zero-order valence-electron chi connectivity index (χ0n) is 16.3. The number of alkyl halides is 2. The Hall–Kier alpha value is -1.02. The van der Waals surface area contributed by atoms with Crippen molar-refractivity contribution in [2.24, 2.45) is 0 Å². The predicted molar refractivity (Wildman–Crippen MR) is 118 cm³/mol. The summed E-state index contributed by atoms with van der Waals surface area (Å²) < 4.78 is 0. The van der Waals surface area contributed by atoms with E-state index < -0.39 is 0 Å². The Morgan fingerprint density at radius 1 is 0.815 bits per heavy atom. The summed E-state index contributed by atoms with van der Waals surface area (Å²) in [6.45, 7) is 2.24. The maximum absolute atomic E-state index is 6.55. The monoisotopic (exact) mass is 403 g/mol. The molecular weight excluding hydrogens is 373 g/mol. The molecule has 1 fully saturated rings. The van der Waals surface area contributed by atoms with Crippen LogP contribution in [0.15, 0.2) is 54.6 Å². The Bertz CT molecular complexity index is 661. The van der Waals surface area contributed by atoms with Crippen molar-refractivity contribution in [3.63, 3.8) is 0 Å². The molecule has 2 aromatic carbocycles. The van der Waals surface area contributed by atoms with Gasteiger partial charge in [0.25, 0.3) is 0 Å². The van der Waals surface area contributed by atoms with Gasteiger partial charge in [0.2, 0.25) is 0 Å². The lowest BCUT2D eigenvalue weighted by molar-refractivity contribution is 0.333. The van der Waals surface area contributed by atoms with Crippen molar-refractivity contribution in [3.05, 3.63) is 71.3 Å². The highest BCUT2D eigenvalue weighted by Crippen LogP contribution is 2.39. The Morgan fingerprint density at radius 2 is 1.44 bits per heavy atom. The first-order chi connectivity index (χ1) is 13.1. The Kier molecular flexibility index (Phi) is 8.06. The summed E-state index contributed by atoms with van der Waals surface area (Å²) in [7, 11) is 2.22. The lowest BCUT2D eigenvalue weighted by Crippen LogP contribution is -2.27. The van der Waals surface area contributed by atoms with E-state index in [1.54, 1.807) is 0 Å². The fourth-order valence-corrected chi connectivity index (χ4v) is 5.07. The second-order valence-electron chi connectivity index (χ2n) is 7.87. The van der Waals surface area contributed by atoms with E-state index in [1.807, 2.05) is 0 Å². The predicted octanol–water partition coefficient (Wildman–Crippen LogP) is 6.28. The molecule has 0 N–H and O–H groups in total. The largest absolute Gasteiger partial charge is 0.306 e. The lowest BCUT2D eigenvalue weighted by atomic mass is 9.83. The summed E-state index contributed by atoms with van der Waals surface area (Å²) in [5, 5.41) is 0.343. The average molecular weight is 404 g/mol. The molecule has 146 valence electrons. The highest BCUT2D eigenvalue weighted by Gasteiger charge is 2.31. The van der Waals surface area contributed by atoms with E-state index in [1.165, 1.54) is 23.1 Å². The van der Waals surface area contributed by atoms with Crippen LogP contribution in [0.3, 0.4) is 0 Å². The summed E-state index contributed by atoms with van der Waals surface area (Å²) in [6, 6.07) is 19.7. The van der Waals surface area contributed by atoms with E-state index in [9.17, 15) is 0 Å². The molecule has 0 spiro atoms. The van der Waals surface area contributed by atoms with Gasteiger partial charge in [0.05, 0.1) is 0 Å². The van der Waals surface area contributed by atoms with Crippen molar-refractivity contribution < 1.29 is 0 Å². The number of likely N-dealkylation sites (N-methyl/N-ethyl adjacent to an activating group) is 1. The van der Waals surface area contributed by atoms with E-state index in [2.05, 4.69) is 66.5 Å². The molecule has 0 bridgehead atoms. The maximum atomic E-state index is 6.55. The second-order valence-corrected chi connectivity index (χ2v) is 8.99. The van der Waals surface area contributed by atoms with Crippen molar-refractivity contribution in [2.45, 2.75) is 55.2 Å². The molecule has 0 heterocycles. The molecule has 1 nitrogen and oxygen atoms in total. The second kappa shape index (κ2) is 10.5. The normalized spacial score (nSPS) is 22.9. The van der Waals surface area contributed by atoms with Gasteiger partial charge >= 0.3 is 0 Å². The molecule has 2 unspecified atom stereocenters. The van der Waals surface area contributed by atoms with Crippen LogP contribution in [0.4, 0.5) is 0 Å². The highest BCUT2D eigenvalue weighted by atomic mass is 35.5. The fourth-order valence-electron chi connectivity index (χ4n) is 4.05. The zero-order valence-corrected chi connectivity index (χ0v) is 17.8. The van der Waals surface area contributed by atoms with Crippen molar-refractivity contribution in [3.8, 4) is 0 Å². The Labute approximate surface area is 174 Å². The minimum absolute atomic E-state index is 0.172. The molecule has 1 aliphatic rings. The first-order valence-electron chi connectivity index (χ1n) is 10.2. The molecule has 0 saturated heterocycles. The molecular formula is C24H31Cl2N. The topological polar surface area (TPSA) is 3.24 Å². The fraction of sp³-hybridized carbons (Fsp3) is 0.500. The SMILES string of the molecule is CN(CCCc1ccc(C2C(Cl)CCCC2Cl)cc1)CCc1ccccc1. The standard InChI is InChI=1S/C24H31Cl2N/c1-27(18-16-19-7-3-2-4-8-19)17-6-9-20-12-14-21(15-13-20)24-22(25)10-5-11-23(24)26/h2-4,7-8,12-15,22-24H,5-6,9-11,16-18H2,1H3. The van der Waals surface area contributed by atoms with Crippen LogP contribution in [0.1, 0.15) is 48.3 Å². The van der Waals surface area contributed by atoms with E-state index >= 15 is 0 Å². The molecule has 2 aromatic rings. The maximum Gasteiger partial charge on any atom is 0.0418 e. The van der Waals surface area contributed by atoms with E-state index in [0.29, 0.717) is 5.92 Å². The number of rotatable bonds is 8. The van der Waals surface area contributed by atoms with Gasteiger partial charge in [-0.1, -0.05) is 61.0 Å². The molecule has 1 aliphatic carbocycles. The van der Waals surface area contributed by atoms with Gasteiger partial charge in [-0.15, -0.1) is 23.2 Å². The van der Waals surface area contributed by atoms with Gasteiger partial charge in [-0.25, -0.2) is 0 Å². The van der Waals surface area contributed by atoms with Crippen LogP contribution < -0.4 is 0 Å². The van der Waals surface area contributed by atoms with Crippen LogP contribution in [0, 0.1) is 0 Å². The third kappa shape index (κ3) is 6.24. The van der Waals surface area contributed by atoms with Gasteiger partial charge in [-0.2, -0.15) is 0 Å². The van der Waals surface area contributed by atoms with Crippen LogP contribution in [0.2, 0.25) is 0 Å². The van der Waals surface area contributed by atoms with Gasteiger partial charge in [0, 0.05) is 23.2 Å². The molecule has 0 radical (unpaired) electrons. The summed E-state index contributed by atoms with van der Waals surface area (Å²) in [5.41, 5.74) is 4.12. The minimum atomic E-state index is 0.172. The van der Waals surface area contributed by atoms with Crippen molar-refractivity contribution >= 4 is 23.2 Å². The van der Waals surface area contributed by atoms with Gasteiger partial charge in [0.15, 0.2) is 0 Å². The quantitative estimate of drug-likeness (QED) is 0.468. The van der Waals surface area contributed by atoms with E-state index in [4.69, 9.17) is 23.2 Å². The summed E-state index contributed by atoms with van der Waals surface area (Å²) in [4.78, 5) is 2.43. The first kappa shape index (κ1) is 20.7. The number of halogens is 2. The zero-order chi connectivity index (χ0) is 19.1. The van der Waals surface area contributed by atoms with Crippen LogP contribution in [-0.4, -0.2) is 35.8 Å². The summed E-state index contributed by atoms with van der Waals surface area (Å²) in [5.74, 6) is 0.292. The van der Waals surface area contributed by atoms with Crippen LogP contribution >= 0.6 is 23.2 Å². The summed E-state index contributed by atoms with van der Waals surface area (Å²) >= 11 is 13.1. The minimum Gasteiger partial charge on any atom is -0.306 e. The van der Waals surface area contributed by atoms with Crippen molar-refractivity contribution in [1.29, 1.82) is 0 Å². The summed E-state index contributed by atoms with van der Waals surface area (Å²) in [6.07, 6.45) is 6.72. The van der Waals surface area contributed by atoms with Gasteiger partial charge in [-0.3, -0.25) is 0 Å². The number of hydrogen-bond acceptors (Lipinski definition) is 1. The molecule has 2 atom stereocenters. The van der Waals surface area contributed by atoms with Gasteiger partial charge < -0.3 is 4.90 Å². The van der Waals surface area contributed by atoms with E-state index in [0.717, 1.165) is 45.2 Å². The molecule has 0 aliphatic heterocycles. The van der Waals surface area contributed by atoms with Crippen molar-refractivity contribution in [1.82, 2.24) is 4.90 Å². The number of benzene rings is 2. The van der Waals surface area contributed by atoms with Crippen LogP contribution in [0.25, 0.3) is 0 Å². The Morgan fingerprint density at radius 3 is 2.11 bits per heavy atom. The number of nitrogens with zero attached hydrogens (tertiary/aromatic N) is 1. The van der Waals surface area contributed by atoms with Crippen LogP contribution in [0.5, 0.6) is 0 Å². The highest BCUT2D eigenvalue weighted by molar-refractivity contribution is 6.24. The van der Waals surface area contributed by atoms with Gasteiger partial charge in [-0.05, 0) is 62.4 Å². The molecule has 3 heteroatoms. The smallest absolute Gasteiger partial charge is 0.0418 e. The Balaban J connectivity index is 1.42. The van der Waals surface area contributed by atoms with E-state index in [-0.39, 0.29) is 10.8 Å². The average Bonchev–Trinajstić information content (AvgIpc) is 2.68. The number of hydrogen-bond donors (Lipinski definition) is 0. The molecule has 0 aromatic heterocycles. The third-order valence-electron chi connectivity index (χ3n) is 5.73.